The fourth-order valence-electron chi connectivity index (χ4n) is 7.13. The molecule has 0 aromatic heterocycles. The van der Waals surface area contributed by atoms with Gasteiger partial charge in [-0.25, -0.2) is 0 Å². The molecule has 0 saturated heterocycles. The van der Waals surface area contributed by atoms with Crippen LogP contribution in [0.4, 0.5) is 0 Å². The normalized spacial score (nSPS) is 13.5. The Hall–Kier alpha value is -1.66. The van der Waals surface area contributed by atoms with Gasteiger partial charge in [0.15, 0.2) is 0 Å². The minimum atomic E-state index is -0.788. The number of carbonyl (C=O) groups is 2. The van der Waals surface area contributed by atoms with Crippen LogP contribution in [0.5, 0.6) is 0 Å². The fraction of sp³-hybridized carbons (Fsp3) is 0.875. The van der Waals surface area contributed by atoms with Gasteiger partial charge < -0.3 is 20.3 Å². The molecule has 3 unspecified atom stereocenters. The number of nitrogens with one attached hydrogen (secondary N) is 1. The van der Waals surface area contributed by atoms with E-state index >= 15 is 0 Å². The molecule has 54 heavy (non-hydrogen) atoms. The monoisotopic (exact) mass is 762 g/mol. The summed E-state index contributed by atoms with van der Waals surface area (Å²) in [6.45, 7) is 6.40. The molecule has 3 N–H and O–H groups in total. The first-order valence-corrected chi connectivity index (χ1v) is 23.6. The molecule has 0 fully saturated rings. The second-order valence-corrected chi connectivity index (χ2v) is 16.2. The van der Waals surface area contributed by atoms with Crippen LogP contribution in [0.25, 0.3) is 0 Å². The first-order valence-electron chi connectivity index (χ1n) is 23.6. The van der Waals surface area contributed by atoms with Crippen molar-refractivity contribution in [3.8, 4) is 0 Å². The molecule has 0 radical (unpaired) electrons. The van der Waals surface area contributed by atoms with Crippen molar-refractivity contribution < 1.29 is 24.5 Å². The van der Waals surface area contributed by atoms with Crippen LogP contribution in [-0.2, 0) is 14.3 Å². The minimum absolute atomic E-state index is 0.0631. The fourth-order valence-corrected chi connectivity index (χ4v) is 7.13. The van der Waals surface area contributed by atoms with Gasteiger partial charge >= 0.3 is 5.97 Å². The molecular formula is C48H91NO5. The molecule has 0 bridgehead atoms. The first-order chi connectivity index (χ1) is 26.5. The third-order valence-electron chi connectivity index (χ3n) is 10.7. The van der Waals surface area contributed by atoms with Gasteiger partial charge in [0.2, 0.25) is 5.91 Å². The van der Waals surface area contributed by atoms with Crippen LogP contribution >= 0.6 is 0 Å². The van der Waals surface area contributed by atoms with Gasteiger partial charge in [0.05, 0.1) is 25.2 Å². The summed E-state index contributed by atoms with van der Waals surface area (Å²) in [5, 5.41) is 23.6. The Bertz CT molecular complexity index is 858. The van der Waals surface area contributed by atoms with E-state index in [-0.39, 0.29) is 24.9 Å². The Morgan fingerprint density at radius 1 is 0.519 bits per heavy atom. The van der Waals surface area contributed by atoms with E-state index in [4.69, 9.17) is 4.74 Å². The molecule has 0 rings (SSSR count). The minimum Gasteiger partial charge on any atom is -0.462 e. The quantitative estimate of drug-likeness (QED) is 0.0327. The van der Waals surface area contributed by atoms with E-state index in [1.54, 1.807) is 0 Å². The molecule has 0 aromatic rings. The number of carbonyl (C=O) groups excluding carboxylic acids is 2. The largest absolute Gasteiger partial charge is 0.462 e. The molecule has 3 atom stereocenters. The number of ether oxygens (including phenoxy) is 1. The molecule has 0 spiro atoms. The smallest absolute Gasteiger partial charge is 0.306 e. The highest BCUT2D eigenvalue weighted by Gasteiger charge is 2.24. The van der Waals surface area contributed by atoms with Crippen molar-refractivity contribution in [3.63, 3.8) is 0 Å². The number of hydrogen-bond acceptors (Lipinski definition) is 5. The topological polar surface area (TPSA) is 95.9 Å². The van der Waals surface area contributed by atoms with Gasteiger partial charge in [0.25, 0.3) is 0 Å². The maximum atomic E-state index is 13.1. The van der Waals surface area contributed by atoms with Crippen molar-refractivity contribution in [1.29, 1.82) is 0 Å². The van der Waals surface area contributed by atoms with Crippen LogP contribution in [-0.4, -0.2) is 46.9 Å². The zero-order chi connectivity index (χ0) is 39.6. The van der Waals surface area contributed by atoms with Crippen molar-refractivity contribution in [2.45, 2.75) is 264 Å². The van der Waals surface area contributed by atoms with Crippen LogP contribution in [0.1, 0.15) is 245 Å². The van der Waals surface area contributed by atoms with E-state index in [2.05, 4.69) is 50.4 Å². The molecule has 0 aliphatic rings. The third-order valence-corrected chi connectivity index (χ3v) is 10.7. The van der Waals surface area contributed by atoms with Gasteiger partial charge in [-0.2, -0.15) is 0 Å². The van der Waals surface area contributed by atoms with Gasteiger partial charge in [0, 0.05) is 6.42 Å². The number of aliphatic hydroxyl groups excluding tert-OH is 2. The van der Waals surface area contributed by atoms with Crippen molar-refractivity contribution >= 4 is 11.9 Å². The maximum absolute atomic E-state index is 13.1. The molecule has 318 valence electrons. The molecule has 0 aromatic carbocycles. The summed E-state index contributed by atoms with van der Waals surface area (Å²) in [6, 6.07) is -0.703. The lowest BCUT2D eigenvalue weighted by Gasteiger charge is -2.24. The second kappa shape index (κ2) is 42.5. The highest BCUT2D eigenvalue weighted by Crippen LogP contribution is 2.17. The van der Waals surface area contributed by atoms with Crippen molar-refractivity contribution in [3.05, 3.63) is 24.3 Å². The van der Waals surface area contributed by atoms with Crippen LogP contribution < -0.4 is 5.32 Å². The maximum Gasteiger partial charge on any atom is 0.306 e. The highest BCUT2D eigenvalue weighted by molar-refractivity contribution is 5.77. The second-order valence-electron chi connectivity index (χ2n) is 16.2. The number of esters is 1. The van der Waals surface area contributed by atoms with Crippen LogP contribution in [0.3, 0.4) is 0 Å². The zero-order valence-electron chi connectivity index (χ0n) is 36.1. The van der Waals surface area contributed by atoms with Crippen LogP contribution in [0, 0.1) is 0 Å². The Balaban J connectivity index is 4.48. The van der Waals surface area contributed by atoms with E-state index in [9.17, 15) is 19.8 Å². The summed E-state index contributed by atoms with van der Waals surface area (Å²) in [6.07, 6.45) is 46.7. The van der Waals surface area contributed by atoms with Crippen LogP contribution in [0.2, 0.25) is 0 Å². The number of hydrogen-bond donors (Lipinski definition) is 3. The van der Waals surface area contributed by atoms with E-state index < -0.39 is 18.2 Å². The van der Waals surface area contributed by atoms with E-state index in [0.29, 0.717) is 19.3 Å². The molecule has 0 aliphatic heterocycles. The number of aliphatic hydroxyl groups is 2. The van der Waals surface area contributed by atoms with Gasteiger partial charge in [-0.05, 0) is 70.6 Å². The first kappa shape index (κ1) is 52.3. The van der Waals surface area contributed by atoms with Crippen molar-refractivity contribution in [1.82, 2.24) is 5.32 Å². The summed E-state index contributed by atoms with van der Waals surface area (Å²) >= 11 is 0. The highest BCUT2D eigenvalue weighted by atomic mass is 16.5. The molecule has 1 amide bonds. The molecule has 6 heteroatoms. The third kappa shape index (κ3) is 37.3. The number of amides is 1. The average Bonchev–Trinajstić information content (AvgIpc) is 3.16. The summed E-state index contributed by atoms with van der Waals surface area (Å²) < 4.78 is 5.87. The predicted molar refractivity (Wildman–Crippen MR) is 232 cm³/mol. The van der Waals surface area contributed by atoms with Gasteiger partial charge in [-0.15, -0.1) is 0 Å². The van der Waals surface area contributed by atoms with E-state index in [1.165, 1.54) is 116 Å². The molecule has 0 aliphatic carbocycles. The number of rotatable bonds is 42. The van der Waals surface area contributed by atoms with E-state index in [1.807, 2.05) is 0 Å². The number of allylic oxidation sites excluding steroid dienone is 4. The van der Waals surface area contributed by atoms with Crippen LogP contribution in [0.15, 0.2) is 24.3 Å². The Kier molecular flexibility index (Phi) is 41.2. The summed E-state index contributed by atoms with van der Waals surface area (Å²) in [5.74, 6) is -0.507. The summed E-state index contributed by atoms with van der Waals surface area (Å²) in [7, 11) is 0. The molecular weight excluding hydrogens is 671 g/mol. The predicted octanol–water partition coefficient (Wildman–Crippen LogP) is 13.6. The SMILES string of the molecule is CCC/C=C\CCCCCC(CC(=O)NC(CO)C(O)CCCCCCCCCCCCCCC)OC(=O)CCCCC/C=C\CCCCCCCCC. The zero-order valence-corrected chi connectivity index (χ0v) is 36.1. The molecule has 6 nitrogen and oxygen atoms in total. The van der Waals surface area contributed by atoms with Gasteiger partial charge in [-0.3, -0.25) is 9.59 Å². The van der Waals surface area contributed by atoms with Gasteiger partial charge in [-0.1, -0.05) is 186 Å². The summed E-state index contributed by atoms with van der Waals surface area (Å²) in [5.41, 5.74) is 0. The van der Waals surface area contributed by atoms with Gasteiger partial charge in [0.1, 0.15) is 6.10 Å². The Labute approximate surface area is 335 Å². The lowest BCUT2D eigenvalue weighted by molar-refractivity contribution is -0.151. The van der Waals surface area contributed by atoms with E-state index in [0.717, 1.165) is 83.5 Å². The molecule has 0 heterocycles. The average molecular weight is 762 g/mol. The summed E-state index contributed by atoms with van der Waals surface area (Å²) in [4.78, 5) is 25.9. The number of unbranched alkanes of at least 4 members (excludes halogenated alkanes) is 26. The lowest BCUT2D eigenvalue weighted by Crippen LogP contribution is -2.46. The van der Waals surface area contributed by atoms with Crippen molar-refractivity contribution in [2.75, 3.05) is 6.61 Å². The molecule has 0 saturated carbocycles. The lowest BCUT2D eigenvalue weighted by atomic mass is 10.0. The Morgan fingerprint density at radius 3 is 1.41 bits per heavy atom. The Morgan fingerprint density at radius 2 is 0.926 bits per heavy atom. The van der Waals surface area contributed by atoms with Crippen molar-refractivity contribution in [2.24, 2.45) is 0 Å². The standard InChI is InChI=1S/C48H91NO5/c1-4-7-10-13-16-19-21-23-25-27-29-32-35-38-41-48(53)54-44(39-36-33-30-18-15-12-9-6-3)42-47(52)49-45(43-50)46(51)40-37-34-31-28-26-24-22-20-17-14-11-8-5-2/h12,15,25,27,44-46,50-51H,4-11,13-14,16-24,26,28-43H2,1-3H3,(H,49,52)/b15-12-,27-25-.